The molecule has 0 atom stereocenters. The molecule has 5 nitrogen and oxygen atoms in total. The zero-order chi connectivity index (χ0) is 13.4. The predicted molar refractivity (Wildman–Crippen MR) is 72.9 cm³/mol. The highest BCUT2D eigenvalue weighted by Gasteiger charge is 2.33. The quantitative estimate of drug-likeness (QED) is 0.843. The molecule has 1 amide bonds. The van der Waals surface area contributed by atoms with Gasteiger partial charge in [-0.15, -0.1) is 0 Å². The number of nitrogens with two attached hydrogens (primary N) is 1. The summed E-state index contributed by atoms with van der Waals surface area (Å²) in [6.45, 7) is 0.432. The molecule has 2 aliphatic carbocycles. The molecule has 3 rings (SSSR count). The Hall–Kier alpha value is -1.49. The molecule has 104 valence electrons. The minimum Gasteiger partial charge on any atom is -0.397 e. The van der Waals surface area contributed by atoms with Crippen molar-refractivity contribution in [1.29, 1.82) is 0 Å². The first-order valence-corrected chi connectivity index (χ1v) is 7.10. The number of nitrogen functional groups attached to an aromatic ring is 1. The van der Waals surface area contributed by atoms with Crippen LogP contribution in [-0.2, 0) is 0 Å². The molecule has 1 aromatic rings. The first-order valence-electron chi connectivity index (χ1n) is 7.10. The highest BCUT2D eigenvalue weighted by Crippen LogP contribution is 2.38. The number of carbonyl (C=O) groups excluding carboxylic acids is 1. The number of anilines is 1. The van der Waals surface area contributed by atoms with Gasteiger partial charge in [-0.05, 0) is 38.2 Å². The van der Waals surface area contributed by atoms with Crippen LogP contribution < -0.4 is 5.73 Å². The largest absolute Gasteiger partial charge is 0.397 e. The van der Waals surface area contributed by atoms with Crippen LogP contribution in [0.2, 0.25) is 0 Å². The summed E-state index contributed by atoms with van der Waals surface area (Å²) in [6.07, 6.45) is 7.38. The molecule has 1 heterocycles. The fraction of sp³-hybridized carbons (Fsp3) is 0.643. The van der Waals surface area contributed by atoms with E-state index in [-0.39, 0.29) is 12.5 Å². The highest BCUT2D eigenvalue weighted by molar-refractivity contribution is 5.94. The van der Waals surface area contributed by atoms with Gasteiger partial charge in [0.05, 0.1) is 12.3 Å². The second kappa shape index (κ2) is 4.89. The first-order chi connectivity index (χ1) is 9.20. The van der Waals surface area contributed by atoms with Gasteiger partial charge < -0.3 is 20.3 Å². The number of aromatic nitrogens is 1. The Morgan fingerprint density at radius 2 is 2.16 bits per heavy atom. The lowest BCUT2D eigenvalue weighted by atomic mass is 9.91. The van der Waals surface area contributed by atoms with Gasteiger partial charge in [-0.1, -0.05) is 0 Å². The van der Waals surface area contributed by atoms with Gasteiger partial charge in [-0.3, -0.25) is 4.79 Å². The third-order valence-electron chi connectivity index (χ3n) is 4.15. The molecule has 0 unspecified atom stereocenters. The van der Waals surface area contributed by atoms with Crippen molar-refractivity contribution in [2.24, 2.45) is 0 Å². The van der Waals surface area contributed by atoms with Crippen LogP contribution in [0.25, 0.3) is 0 Å². The van der Waals surface area contributed by atoms with E-state index in [2.05, 4.69) is 0 Å². The topological polar surface area (TPSA) is 71.5 Å². The van der Waals surface area contributed by atoms with E-state index in [0.717, 1.165) is 25.7 Å². The summed E-state index contributed by atoms with van der Waals surface area (Å²) >= 11 is 0. The number of hydrogen-bond acceptors (Lipinski definition) is 3. The molecular formula is C14H21N3O2. The van der Waals surface area contributed by atoms with Crippen molar-refractivity contribution in [3.05, 3.63) is 18.0 Å². The minimum absolute atomic E-state index is 0.0157. The summed E-state index contributed by atoms with van der Waals surface area (Å²) in [5, 5.41) is 9.17. The standard InChI is InChI=1S/C14H21N3O2/c15-10-8-13(17(9-10)12-4-5-12)14(19)16(6-7-18)11-2-1-3-11/h8-9,11-12,18H,1-7,15H2. The minimum atomic E-state index is 0.0157. The van der Waals surface area contributed by atoms with E-state index in [0.29, 0.717) is 30.0 Å². The van der Waals surface area contributed by atoms with Gasteiger partial charge in [0, 0.05) is 24.8 Å². The van der Waals surface area contributed by atoms with Crippen LogP contribution in [0.3, 0.4) is 0 Å². The van der Waals surface area contributed by atoms with Crippen LogP contribution in [0.1, 0.15) is 48.6 Å². The van der Waals surface area contributed by atoms with E-state index < -0.39 is 0 Å². The Morgan fingerprint density at radius 1 is 1.42 bits per heavy atom. The fourth-order valence-electron chi connectivity index (χ4n) is 2.73. The number of aliphatic hydroxyl groups excluding tert-OH is 1. The maximum absolute atomic E-state index is 12.7. The van der Waals surface area contributed by atoms with Gasteiger partial charge >= 0.3 is 0 Å². The summed E-state index contributed by atoms with van der Waals surface area (Å²) in [4.78, 5) is 14.5. The molecule has 0 aromatic carbocycles. The van der Waals surface area contributed by atoms with Crippen molar-refractivity contribution >= 4 is 11.6 Å². The molecule has 0 aliphatic heterocycles. The van der Waals surface area contributed by atoms with Crippen LogP contribution >= 0.6 is 0 Å². The monoisotopic (exact) mass is 263 g/mol. The number of amides is 1. The second-order valence-electron chi connectivity index (χ2n) is 5.60. The molecule has 0 radical (unpaired) electrons. The first kappa shape index (κ1) is 12.5. The lowest BCUT2D eigenvalue weighted by Crippen LogP contribution is -2.46. The highest BCUT2D eigenvalue weighted by atomic mass is 16.3. The zero-order valence-corrected chi connectivity index (χ0v) is 11.1. The molecule has 0 spiro atoms. The number of carbonyl (C=O) groups is 1. The number of rotatable bonds is 5. The van der Waals surface area contributed by atoms with Gasteiger partial charge in [-0.25, -0.2) is 0 Å². The fourth-order valence-corrected chi connectivity index (χ4v) is 2.73. The maximum Gasteiger partial charge on any atom is 0.270 e. The van der Waals surface area contributed by atoms with Crippen LogP contribution in [0.15, 0.2) is 12.3 Å². The molecule has 2 saturated carbocycles. The molecule has 0 bridgehead atoms. The Kier molecular flexibility index (Phi) is 3.22. The maximum atomic E-state index is 12.7. The third-order valence-corrected chi connectivity index (χ3v) is 4.15. The average Bonchev–Trinajstić information content (AvgIpc) is 3.09. The van der Waals surface area contributed by atoms with Crippen molar-refractivity contribution in [2.75, 3.05) is 18.9 Å². The smallest absolute Gasteiger partial charge is 0.270 e. The van der Waals surface area contributed by atoms with Crippen LogP contribution in [0, 0.1) is 0 Å². The van der Waals surface area contributed by atoms with Crippen molar-refractivity contribution in [3.8, 4) is 0 Å². The Labute approximate surface area is 113 Å². The van der Waals surface area contributed by atoms with Gasteiger partial charge in [0.25, 0.3) is 5.91 Å². The lowest BCUT2D eigenvalue weighted by Gasteiger charge is -2.37. The van der Waals surface area contributed by atoms with Crippen molar-refractivity contribution < 1.29 is 9.90 Å². The van der Waals surface area contributed by atoms with E-state index in [4.69, 9.17) is 5.73 Å². The van der Waals surface area contributed by atoms with Gasteiger partial charge in [0.2, 0.25) is 0 Å². The third kappa shape index (κ3) is 2.34. The van der Waals surface area contributed by atoms with E-state index in [1.54, 1.807) is 6.07 Å². The normalized spacial score (nSPS) is 19.2. The van der Waals surface area contributed by atoms with Gasteiger partial charge in [0.1, 0.15) is 5.69 Å². The Balaban J connectivity index is 1.84. The molecular weight excluding hydrogens is 242 g/mol. The molecule has 3 N–H and O–H groups in total. The molecule has 19 heavy (non-hydrogen) atoms. The lowest BCUT2D eigenvalue weighted by molar-refractivity contribution is 0.0515. The molecule has 0 saturated heterocycles. The zero-order valence-electron chi connectivity index (χ0n) is 11.1. The van der Waals surface area contributed by atoms with Gasteiger partial charge in [0.15, 0.2) is 0 Å². The van der Waals surface area contributed by atoms with Crippen LogP contribution in [0.5, 0.6) is 0 Å². The Bertz CT molecular complexity index is 475. The summed E-state index contributed by atoms with van der Waals surface area (Å²) in [5.41, 5.74) is 7.17. The Morgan fingerprint density at radius 3 is 2.68 bits per heavy atom. The number of nitrogens with zero attached hydrogens (tertiary/aromatic N) is 2. The molecule has 2 fully saturated rings. The van der Waals surface area contributed by atoms with E-state index in [1.165, 1.54) is 6.42 Å². The van der Waals surface area contributed by atoms with Crippen molar-refractivity contribution in [1.82, 2.24) is 9.47 Å². The van der Waals surface area contributed by atoms with E-state index in [1.807, 2.05) is 15.7 Å². The molecule has 1 aromatic heterocycles. The van der Waals surface area contributed by atoms with E-state index >= 15 is 0 Å². The SMILES string of the molecule is Nc1cc(C(=O)N(CCO)C2CCC2)n(C2CC2)c1. The summed E-state index contributed by atoms with van der Waals surface area (Å²) in [6, 6.07) is 2.50. The average molecular weight is 263 g/mol. The summed E-state index contributed by atoms with van der Waals surface area (Å²) in [5.74, 6) is 0.0161. The number of hydrogen-bond donors (Lipinski definition) is 2. The number of aliphatic hydroxyl groups is 1. The van der Waals surface area contributed by atoms with Crippen molar-refractivity contribution in [2.45, 2.75) is 44.2 Å². The van der Waals surface area contributed by atoms with Crippen LogP contribution in [0.4, 0.5) is 5.69 Å². The summed E-state index contributed by atoms with van der Waals surface area (Å²) in [7, 11) is 0. The second-order valence-corrected chi connectivity index (χ2v) is 5.60. The molecule has 2 aliphatic rings. The molecule has 5 heteroatoms. The van der Waals surface area contributed by atoms with Crippen molar-refractivity contribution in [3.63, 3.8) is 0 Å². The van der Waals surface area contributed by atoms with Crippen LogP contribution in [-0.4, -0.2) is 39.7 Å². The van der Waals surface area contributed by atoms with Gasteiger partial charge in [-0.2, -0.15) is 0 Å². The summed E-state index contributed by atoms with van der Waals surface area (Å²) < 4.78 is 2.01. The van der Waals surface area contributed by atoms with E-state index in [9.17, 15) is 9.90 Å². The predicted octanol–water partition coefficient (Wildman–Crippen LogP) is 1.39.